The van der Waals surface area contributed by atoms with E-state index < -0.39 is 10.0 Å². The third kappa shape index (κ3) is 6.31. The van der Waals surface area contributed by atoms with Gasteiger partial charge in [-0.15, -0.1) is 0 Å². The fraction of sp³-hybridized carbons (Fsp3) is 0.174. The Morgan fingerprint density at radius 1 is 0.903 bits per heavy atom. The molecule has 0 spiro atoms. The minimum Gasteiger partial charge on any atom is -0.352 e. The number of hydrogen-bond acceptors (Lipinski definition) is 5. The van der Waals surface area contributed by atoms with Crippen molar-refractivity contribution in [3.8, 4) is 0 Å². The molecule has 3 aromatic rings. The SMILES string of the molecule is CC(=O)c1ccc(S(=O)(=O)NCc2ccc(C(=O)NCCc3cccnc3)cc2)cc1. The summed E-state index contributed by atoms with van der Waals surface area (Å²) in [5.74, 6) is -0.320. The van der Waals surface area contributed by atoms with Crippen molar-refractivity contribution in [2.75, 3.05) is 6.54 Å². The van der Waals surface area contributed by atoms with E-state index in [1.54, 1.807) is 36.7 Å². The molecule has 2 aromatic carbocycles. The van der Waals surface area contributed by atoms with Crippen LogP contribution in [0.15, 0.2) is 78.0 Å². The van der Waals surface area contributed by atoms with E-state index >= 15 is 0 Å². The Labute approximate surface area is 181 Å². The van der Waals surface area contributed by atoms with Crippen molar-refractivity contribution in [2.24, 2.45) is 0 Å². The van der Waals surface area contributed by atoms with Crippen LogP contribution in [0.4, 0.5) is 0 Å². The van der Waals surface area contributed by atoms with Crippen LogP contribution >= 0.6 is 0 Å². The van der Waals surface area contributed by atoms with Crippen molar-refractivity contribution in [3.63, 3.8) is 0 Å². The molecule has 0 atom stereocenters. The quantitative estimate of drug-likeness (QED) is 0.501. The van der Waals surface area contributed by atoms with Crippen LogP contribution in [0.2, 0.25) is 0 Å². The average molecular weight is 438 g/mol. The first-order valence-corrected chi connectivity index (χ1v) is 11.2. The number of ketones is 1. The van der Waals surface area contributed by atoms with Crippen LogP contribution in [0.25, 0.3) is 0 Å². The monoisotopic (exact) mass is 437 g/mol. The zero-order valence-electron chi connectivity index (χ0n) is 17.0. The second-order valence-corrected chi connectivity index (χ2v) is 8.74. The number of carbonyl (C=O) groups is 2. The summed E-state index contributed by atoms with van der Waals surface area (Å²) < 4.78 is 27.4. The number of pyridine rings is 1. The first kappa shape index (κ1) is 22.3. The van der Waals surface area contributed by atoms with E-state index in [2.05, 4.69) is 15.0 Å². The van der Waals surface area contributed by atoms with Gasteiger partial charge in [-0.3, -0.25) is 14.6 Å². The van der Waals surface area contributed by atoms with E-state index in [4.69, 9.17) is 0 Å². The van der Waals surface area contributed by atoms with Crippen molar-refractivity contribution < 1.29 is 18.0 Å². The number of aromatic nitrogens is 1. The van der Waals surface area contributed by atoms with Crippen molar-refractivity contribution in [3.05, 3.63) is 95.3 Å². The maximum atomic E-state index is 12.4. The Kier molecular flexibility index (Phi) is 7.28. The van der Waals surface area contributed by atoms with Gasteiger partial charge in [0, 0.05) is 36.6 Å². The van der Waals surface area contributed by atoms with Gasteiger partial charge in [0.2, 0.25) is 10.0 Å². The summed E-state index contributed by atoms with van der Waals surface area (Å²) in [5.41, 5.74) is 2.71. The topological polar surface area (TPSA) is 105 Å². The van der Waals surface area contributed by atoms with Crippen LogP contribution in [-0.4, -0.2) is 31.6 Å². The lowest BCUT2D eigenvalue weighted by Crippen LogP contribution is -2.26. The van der Waals surface area contributed by atoms with Gasteiger partial charge in [0.05, 0.1) is 4.90 Å². The Hall–Kier alpha value is -3.36. The number of amides is 1. The number of hydrogen-bond donors (Lipinski definition) is 2. The van der Waals surface area contributed by atoms with Crippen molar-refractivity contribution in [1.29, 1.82) is 0 Å². The summed E-state index contributed by atoms with van der Waals surface area (Å²) in [5, 5.41) is 2.85. The molecule has 0 unspecified atom stereocenters. The Morgan fingerprint density at radius 3 is 2.19 bits per heavy atom. The fourth-order valence-corrected chi connectivity index (χ4v) is 3.89. The van der Waals surface area contributed by atoms with E-state index in [1.165, 1.54) is 31.2 Å². The lowest BCUT2D eigenvalue weighted by atomic mass is 10.1. The Bertz CT molecular complexity index is 1140. The predicted molar refractivity (Wildman–Crippen MR) is 117 cm³/mol. The normalized spacial score (nSPS) is 11.1. The summed E-state index contributed by atoms with van der Waals surface area (Å²) in [6, 6.07) is 16.3. The highest BCUT2D eigenvalue weighted by Gasteiger charge is 2.14. The molecule has 31 heavy (non-hydrogen) atoms. The average Bonchev–Trinajstić information content (AvgIpc) is 2.79. The van der Waals surface area contributed by atoms with E-state index in [0.717, 1.165) is 11.1 Å². The van der Waals surface area contributed by atoms with Gasteiger partial charge in [-0.05, 0) is 54.8 Å². The van der Waals surface area contributed by atoms with Crippen LogP contribution in [-0.2, 0) is 23.0 Å². The second kappa shape index (κ2) is 10.1. The van der Waals surface area contributed by atoms with Crippen molar-refractivity contribution in [2.45, 2.75) is 24.8 Å². The molecule has 8 heteroatoms. The second-order valence-electron chi connectivity index (χ2n) is 6.97. The number of benzene rings is 2. The molecule has 0 saturated heterocycles. The number of rotatable bonds is 9. The lowest BCUT2D eigenvalue weighted by Gasteiger charge is -2.09. The smallest absolute Gasteiger partial charge is 0.251 e. The van der Waals surface area contributed by atoms with E-state index in [0.29, 0.717) is 24.1 Å². The summed E-state index contributed by atoms with van der Waals surface area (Å²) in [6.07, 6.45) is 4.15. The zero-order chi connectivity index (χ0) is 22.3. The molecule has 2 N–H and O–H groups in total. The van der Waals surface area contributed by atoms with E-state index in [-0.39, 0.29) is 23.1 Å². The predicted octanol–water partition coefficient (Wildman–Crippen LogP) is 2.74. The molecule has 0 saturated carbocycles. The molecule has 1 aromatic heterocycles. The van der Waals surface area contributed by atoms with Gasteiger partial charge in [0.15, 0.2) is 5.78 Å². The molecule has 0 bridgehead atoms. The molecule has 0 aliphatic heterocycles. The van der Waals surface area contributed by atoms with E-state index in [1.807, 2.05) is 12.1 Å². The van der Waals surface area contributed by atoms with Crippen LogP contribution in [0.1, 0.15) is 38.8 Å². The number of nitrogens with one attached hydrogen (secondary N) is 2. The van der Waals surface area contributed by atoms with Crippen molar-refractivity contribution >= 4 is 21.7 Å². The summed E-state index contributed by atoms with van der Waals surface area (Å²) >= 11 is 0. The van der Waals surface area contributed by atoms with Crippen LogP contribution in [0, 0.1) is 0 Å². The molecule has 0 aliphatic carbocycles. The molecule has 7 nitrogen and oxygen atoms in total. The summed E-state index contributed by atoms with van der Waals surface area (Å²) in [7, 11) is -3.71. The maximum Gasteiger partial charge on any atom is 0.251 e. The minimum atomic E-state index is -3.71. The highest BCUT2D eigenvalue weighted by molar-refractivity contribution is 7.89. The van der Waals surface area contributed by atoms with Crippen LogP contribution in [0.5, 0.6) is 0 Å². The van der Waals surface area contributed by atoms with Gasteiger partial charge in [0.25, 0.3) is 5.91 Å². The number of nitrogens with zero attached hydrogens (tertiary/aromatic N) is 1. The summed E-state index contributed by atoms with van der Waals surface area (Å²) in [6.45, 7) is 2.00. The summed E-state index contributed by atoms with van der Waals surface area (Å²) in [4.78, 5) is 27.7. The molecule has 1 amide bonds. The standard InChI is InChI=1S/C23H23N3O4S/c1-17(27)20-8-10-22(11-9-20)31(29,30)26-16-19-4-6-21(7-5-19)23(28)25-14-12-18-3-2-13-24-15-18/h2-11,13,15,26H,12,14,16H2,1H3,(H,25,28). The third-order valence-corrected chi connectivity index (χ3v) is 6.09. The molecular formula is C23H23N3O4S. The molecule has 1 heterocycles. The Balaban J connectivity index is 1.52. The van der Waals surface area contributed by atoms with Gasteiger partial charge < -0.3 is 5.32 Å². The number of carbonyl (C=O) groups excluding carboxylic acids is 2. The number of sulfonamides is 1. The molecule has 160 valence electrons. The molecule has 0 radical (unpaired) electrons. The molecule has 0 aliphatic rings. The molecule has 3 rings (SSSR count). The maximum absolute atomic E-state index is 12.4. The van der Waals surface area contributed by atoms with Crippen LogP contribution < -0.4 is 10.0 Å². The Morgan fingerprint density at radius 2 is 1.58 bits per heavy atom. The van der Waals surface area contributed by atoms with Gasteiger partial charge in [-0.2, -0.15) is 0 Å². The van der Waals surface area contributed by atoms with Gasteiger partial charge in [-0.25, -0.2) is 13.1 Å². The molecular weight excluding hydrogens is 414 g/mol. The highest BCUT2D eigenvalue weighted by atomic mass is 32.2. The third-order valence-electron chi connectivity index (χ3n) is 4.68. The largest absolute Gasteiger partial charge is 0.352 e. The number of Topliss-reactive ketones (excluding diaryl/α,β-unsaturated/α-hetero) is 1. The lowest BCUT2D eigenvalue weighted by molar-refractivity contribution is 0.0953. The van der Waals surface area contributed by atoms with Gasteiger partial charge in [0.1, 0.15) is 0 Å². The minimum absolute atomic E-state index is 0.0830. The van der Waals surface area contributed by atoms with E-state index in [9.17, 15) is 18.0 Å². The van der Waals surface area contributed by atoms with Gasteiger partial charge >= 0.3 is 0 Å². The highest BCUT2D eigenvalue weighted by Crippen LogP contribution is 2.12. The fourth-order valence-electron chi connectivity index (χ4n) is 2.87. The zero-order valence-corrected chi connectivity index (χ0v) is 17.9. The first-order chi connectivity index (χ1) is 14.8. The first-order valence-electron chi connectivity index (χ1n) is 9.72. The van der Waals surface area contributed by atoms with Gasteiger partial charge in [-0.1, -0.05) is 30.3 Å². The van der Waals surface area contributed by atoms with Crippen molar-refractivity contribution in [1.82, 2.24) is 15.0 Å². The molecule has 0 fully saturated rings. The van der Waals surface area contributed by atoms with Crippen LogP contribution in [0.3, 0.4) is 0 Å².